The molecule has 3 aromatic rings. The zero-order valence-corrected chi connectivity index (χ0v) is 29.7. The molecule has 1 aromatic heterocycles. The molecular formula is C36H38ClF4N7O4. The Morgan fingerprint density at radius 1 is 1.10 bits per heavy atom. The highest BCUT2D eigenvalue weighted by atomic mass is 35.5. The van der Waals surface area contributed by atoms with E-state index in [-0.39, 0.29) is 50.4 Å². The van der Waals surface area contributed by atoms with Crippen molar-refractivity contribution in [1.29, 1.82) is 0 Å². The molecule has 0 bridgehead atoms. The summed E-state index contributed by atoms with van der Waals surface area (Å²) in [6.07, 6.45) is -1.10. The van der Waals surface area contributed by atoms with Gasteiger partial charge in [-0.2, -0.15) is 9.97 Å². The predicted molar refractivity (Wildman–Crippen MR) is 187 cm³/mol. The number of ether oxygens (including phenoxy) is 2. The van der Waals surface area contributed by atoms with E-state index >= 15 is 0 Å². The van der Waals surface area contributed by atoms with Crippen LogP contribution < -0.4 is 14.5 Å². The highest BCUT2D eigenvalue weighted by Crippen LogP contribution is 2.39. The van der Waals surface area contributed by atoms with Crippen LogP contribution in [0.3, 0.4) is 0 Å². The Bertz CT molecular complexity index is 1950. The minimum absolute atomic E-state index is 0.0107. The number of hydrogen-bond donors (Lipinski definition) is 0. The van der Waals surface area contributed by atoms with E-state index in [4.69, 9.17) is 37.6 Å². The lowest BCUT2D eigenvalue weighted by molar-refractivity contribution is -0.131. The van der Waals surface area contributed by atoms with Gasteiger partial charge in [-0.25, -0.2) is 28.9 Å². The first-order valence-electron chi connectivity index (χ1n) is 16.8. The Labute approximate surface area is 303 Å². The normalized spacial score (nSPS) is 20.1. The molecule has 3 aliphatic rings. The molecule has 4 heterocycles. The second-order valence-corrected chi connectivity index (χ2v) is 14.5. The molecule has 2 amide bonds. The van der Waals surface area contributed by atoms with Gasteiger partial charge in [0.1, 0.15) is 29.9 Å². The van der Waals surface area contributed by atoms with Gasteiger partial charge >= 0.3 is 12.1 Å². The van der Waals surface area contributed by atoms with Crippen molar-refractivity contribution in [3.05, 3.63) is 76.3 Å². The van der Waals surface area contributed by atoms with Crippen LogP contribution in [-0.2, 0) is 22.5 Å². The van der Waals surface area contributed by atoms with Crippen molar-refractivity contribution >= 4 is 45.9 Å². The number of hydrogen-bond acceptors (Lipinski definition) is 8. The summed E-state index contributed by atoms with van der Waals surface area (Å²) in [5.41, 5.74) is 1.10. The topological polar surface area (TPSA) is 95.7 Å². The number of likely N-dealkylation sites (tertiary alicyclic amines) is 1. The first kappa shape index (κ1) is 36.9. The molecule has 0 unspecified atom stereocenters. The molecule has 0 saturated carbocycles. The number of fused-ring (bicyclic) bond motifs is 2. The Hall–Kier alpha value is -4.84. The van der Waals surface area contributed by atoms with Gasteiger partial charge in [-0.15, -0.1) is 0 Å². The van der Waals surface area contributed by atoms with Crippen LogP contribution in [0.5, 0.6) is 6.01 Å². The molecule has 16 heteroatoms. The maximum Gasteiger partial charge on any atom is 0.410 e. The molecule has 2 atom stereocenters. The molecule has 11 nitrogen and oxygen atoms in total. The van der Waals surface area contributed by atoms with Gasteiger partial charge in [0.15, 0.2) is 5.83 Å². The first-order valence-corrected chi connectivity index (χ1v) is 17.2. The number of nitrogens with zero attached hydrogens (tertiary/aromatic N) is 7. The third kappa shape index (κ3) is 7.67. The molecule has 0 aliphatic carbocycles. The molecule has 0 radical (unpaired) electrons. The summed E-state index contributed by atoms with van der Waals surface area (Å²) in [5, 5.41) is 1.28. The maximum atomic E-state index is 14.6. The number of halogens is 5. The fraction of sp³-hybridized carbons (Fsp3) is 0.472. The summed E-state index contributed by atoms with van der Waals surface area (Å²) in [6.45, 7) is 15.4. The fourth-order valence-electron chi connectivity index (χ4n) is 6.96. The molecule has 3 aliphatic heterocycles. The monoisotopic (exact) mass is 743 g/mol. The van der Waals surface area contributed by atoms with Gasteiger partial charge in [0.05, 0.1) is 29.8 Å². The minimum atomic E-state index is -3.16. The standard InChI is InChI=1S/C36H38ClF4N7O4/c1-21(38)32(49)47-14-13-46(17-24(47)16-42-5)31-25-11-12-45(28-8-6-7-22-9-10-26(39)30(37)29(22)28)18-27(25)43-33(44-31)51-19-23-15-36(40,41)20-48(23)34(50)52-35(2,3)4/h6-10,23-24H,1,11-20H2,2-4H3/t23-,24-/m0/s1. The summed E-state index contributed by atoms with van der Waals surface area (Å²) >= 11 is 6.47. The van der Waals surface area contributed by atoms with Crippen LogP contribution in [0.4, 0.5) is 33.9 Å². The summed E-state index contributed by atoms with van der Waals surface area (Å²) in [6, 6.07) is 6.65. The van der Waals surface area contributed by atoms with Crippen molar-refractivity contribution in [2.45, 2.75) is 63.8 Å². The molecule has 2 fully saturated rings. The van der Waals surface area contributed by atoms with Crippen LogP contribution in [0.15, 0.2) is 42.7 Å². The highest BCUT2D eigenvalue weighted by Gasteiger charge is 2.49. The van der Waals surface area contributed by atoms with Gasteiger partial charge in [0.25, 0.3) is 11.8 Å². The Morgan fingerprint density at radius 3 is 2.58 bits per heavy atom. The van der Waals surface area contributed by atoms with Crippen LogP contribution in [-0.4, -0.2) is 101 Å². The van der Waals surface area contributed by atoms with E-state index in [1.807, 2.05) is 28.0 Å². The van der Waals surface area contributed by atoms with Crippen molar-refractivity contribution in [3.63, 3.8) is 0 Å². The lowest BCUT2D eigenvalue weighted by atomic mass is 10.0. The minimum Gasteiger partial charge on any atom is -0.461 e. The zero-order chi connectivity index (χ0) is 37.5. The van der Waals surface area contributed by atoms with Gasteiger partial charge in [-0.05, 0) is 44.7 Å². The van der Waals surface area contributed by atoms with Crippen molar-refractivity contribution in [2.75, 3.05) is 55.7 Å². The van der Waals surface area contributed by atoms with E-state index in [0.29, 0.717) is 35.6 Å². The van der Waals surface area contributed by atoms with Crippen molar-refractivity contribution in [3.8, 4) is 6.01 Å². The number of rotatable bonds is 7. The summed E-state index contributed by atoms with van der Waals surface area (Å²) < 4.78 is 69.2. The lowest BCUT2D eigenvalue weighted by Gasteiger charge is -2.41. The van der Waals surface area contributed by atoms with E-state index in [9.17, 15) is 27.2 Å². The second kappa shape index (κ2) is 14.3. The summed E-state index contributed by atoms with van der Waals surface area (Å²) in [7, 11) is 0. The van der Waals surface area contributed by atoms with Gasteiger partial charge in [0, 0.05) is 49.2 Å². The molecular weight excluding hydrogens is 706 g/mol. The molecule has 2 aromatic carbocycles. The molecule has 0 N–H and O–H groups in total. The zero-order valence-electron chi connectivity index (χ0n) is 29.0. The van der Waals surface area contributed by atoms with Crippen LogP contribution in [0, 0.1) is 12.4 Å². The van der Waals surface area contributed by atoms with Crippen molar-refractivity contribution < 1.29 is 36.6 Å². The number of anilines is 2. The fourth-order valence-corrected chi connectivity index (χ4v) is 7.23. The Kier molecular flexibility index (Phi) is 10.2. The Morgan fingerprint density at radius 2 is 1.87 bits per heavy atom. The van der Waals surface area contributed by atoms with Gasteiger partial charge < -0.3 is 29.0 Å². The van der Waals surface area contributed by atoms with E-state index < -0.39 is 60.2 Å². The molecule has 52 heavy (non-hydrogen) atoms. The quantitative estimate of drug-likeness (QED) is 0.155. The lowest BCUT2D eigenvalue weighted by Crippen LogP contribution is -2.57. The maximum absolute atomic E-state index is 14.6. The van der Waals surface area contributed by atoms with E-state index in [1.165, 1.54) is 11.0 Å². The second-order valence-electron chi connectivity index (χ2n) is 14.1. The molecule has 0 spiro atoms. The van der Waals surface area contributed by atoms with E-state index in [2.05, 4.69) is 11.4 Å². The van der Waals surface area contributed by atoms with Gasteiger partial charge in [-0.1, -0.05) is 36.4 Å². The third-order valence-corrected chi connectivity index (χ3v) is 9.63. The molecule has 276 valence electrons. The van der Waals surface area contributed by atoms with Gasteiger partial charge in [0.2, 0.25) is 6.54 Å². The van der Waals surface area contributed by atoms with Crippen LogP contribution >= 0.6 is 11.6 Å². The SMILES string of the molecule is [C-]#[N+]C[C@H]1CN(c2nc(OC[C@@H]3CC(F)(F)CN3C(=O)OC(C)(C)C)nc3c2CCN(c2cccc4ccc(F)c(Cl)c24)C3)CCN1C(=O)C(=C)F. The van der Waals surface area contributed by atoms with Gasteiger partial charge in [-0.3, -0.25) is 9.69 Å². The number of benzene rings is 2. The first-order chi connectivity index (χ1) is 24.5. The van der Waals surface area contributed by atoms with Crippen LogP contribution in [0.25, 0.3) is 15.6 Å². The summed E-state index contributed by atoms with van der Waals surface area (Å²) in [4.78, 5) is 44.5. The number of amides is 2. The number of alkyl halides is 2. The van der Waals surface area contributed by atoms with Crippen molar-refractivity contribution in [2.24, 2.45) is 0 Å². The predicted octanol–water partition coefficient (Wildman–Crippen LogP) is 6.43. The van der Waals surface area contributed by atoms with Crippen LogP contribution in [0.1, 0.15) is 38.4 Å². The largest absolute Gasteiger partial charge is 0.461 e. The number of carbonyl (C=O) groups excluding carboxylic acids is 2. The average molecular weight is 744 g/mol. The highest BCUT2D eigenvalue weighted by molar-refractivity contribution is 6.36. The molecule has 6 rings (SSSR count). The number of piperazine rings is 1. The number of carbonyl (C=O) groups is 2. The Balaban J connectivity index is 1.34. The van der Waals surface area contributed by atoms with E-state index in [1.54, 1.807) is 26.8 Å². The van der Waals surface area contributed by atoms with E-state index in [0.717, 1.165) is 15.8 Å². The molecule has 2 saturated heterocycles. The summed E-state index contributed by atoms with van der Waals surface area (Å²) in [5.74, 6) is -5.26. The van der Waals surface area contributed by atoms with Crippen molar-refractivity contribution in [1.82, 2.24) is 19.8 Å². The number of aromatic nitrogens is 2. The van der Waals surface area contributed by atoms with Crippen LogP contribution in [0.2, 0.25) is 5.02 Å². The average Bonchev–Trinajstić information content (AvgIpc) is 3.41. The smallest absolute Gasteiger partial charge is 0.410 e. The third-order valence-electron chi connectivity index (χ3n) is 9.26.